The van der Waals surface area contributed by atoms with Crippen molar-refractivity contribution in [3.63, 3.8) is 0 Å². The third-order valence-corrected chi connectivity index (χ3v) is 3.53. The largest absolute Gasteiger partial charge is 0.480 e. The van der Waals surface area contributed by atoms with E-state index in [0.29, 0.717) is 5.56 Å². The maximum atomic E-state index is 12.9. The number of amides is 1. The van der Waals surface area contributed by atoms with E-state index in [0.717, 1.165) is 5.56 Å². The highest BCUT2D eigenvalue weighted by Crippen LogP contribution is 2.15. The van der Waals surface area contributed by atoms with Crippen LogP contribution < -0.4 is 5.32 Å². The van der Waals surface area contributed by atoms with E-state index in [1.807, 2.05) is 18.2 Å². The number of benzene rings is 2. The van der Waals surface area contributed by atoms with Crippen LogP contribution in [-0.4, -0.2) is 22.7 Å². The van der Waals surface area contributed by atoms with E-state index in [1.54, 1.807) is 12.1 Å². The molecule has 2 rings (SSSR count). The van der Waals surface area contributed by atoms with Gasteiger partial charge in [0.25, 0.3) is 0 Å². The number of alkyl carbamates (subject to hydrolysis) is 1. The highest BCUT2D eigenvalue weighted by Gasteiger charge is 2.35. The zero-order chi connectivity index (χ0) is 17.6. The number of carboxylic acid groups (broad SMARTS) is 1. The van der Waals surface area contributed by atoms with Crippen LogP contribution in [0.4, 0.5) is 9.18 Å². The molecule has 0 heterocycles. The SMILES string of the molecule is CC(Cc1ccc(F)cc1)(NC(=O)OCc1ccccc1)C(=O)O. The quantitative estimate of drug-likeness (QED) is 0.853. The lowest BCUT2D eigenvalue weighted by Crippen LogP contribution is -2.53. The Morgan fingerprint density at radius 1 is 1.08 bits per heavy atom. The van der Waals surface area contributed by atoms with E-state index in [-0.39, 0.29) is 13.0 Å². The molecule has 126 valence electrons. The van der Waals surface area contributed by atoms with E-state index in [1.165, 1.54) is 31.2 Å². The Labute approximate surface area is 139 Å². The fourth-order valence-electron chi connectivity index (χ4n) is 2.17. The Balaban J connectivity index is 1.99. The van der Waals surface area contributed by atoms with E-state index in [4.69, 9.17) is 4.74 Å². The predicted octanol–water partition coefficient (Wildman–Crippen LogP) is 3.14. The van der Waals surface area contributed by atoms with Gasteiger partial charge in [0, 0.05) is 6.42 Å². The fraction of sp³-hybridized carbons (Fsp3) is 0.222. The first kappa shape index (κ1) is 17.5. The molecule has 0 radical (unpaired) electrons. The fourth-order valence-corrected chi connectivity index (χ4v) is 2.17. The molecule has 1 unspecified atom stereocenters. The molecular formula is C18H18FNO4. The molecule has 1 atom stereocenters. The summed E-state index contributed by atoms with van der Waals surface area (Å²) in [6, 6.07) is 14.5. The molecule has 2 aromatic carbocycles. The summed E-state index contributed by atoms with van der Waals surface area (Å²) in [5.41, 5.74) is -0.182. The van der Waals surface area contributed by atoms with Gasteiger partial charge in [-0.2, -0.15) is 0 Å². The van der Waals surface area contributed by atoms with Crippen LogP contribution in [-0.2, 0) is 22.6 Å². The van der Waals surface area contributed by atoms with Gasteiger partial charge in [-0.1, -0.05) is 42.5 Å². The number of hydrogen-bond acceptors (Lipinski definition) is 3. The lowest BCUT2D eigenvalue weighted by molar-refractivity contribution is -0.143. The molecule has 2 N–H and O–H groups in total. The molecule has 0 fully saturated rings. The normalized spacial score (nSPS) is 12.9. The Kier molecular flexibility index (Phi) is 5.52. The number of hydrogen-bond donors (Lipinski definition) is 2. The summed E-state index contributed by atoms with van der Waals surface area (Å²) >= 11 is 0. The summed E-state index contributed by atoms with van der Waals surface area (Å²) in [7, 11) is 0. The molecule has 0 aromatic heterocycles. The van der Waals surface area contributed by atoms with Crippen molar-refractivity contribution in [3.8, 4) is 0 Å². The van der Waals surface area contributed by atoms with Gasteiger partial charge in [0.15, 0.2) is 0 Å². The zero-order valence-electron chi connectivity index (χ0n) is 13.2. The standard InChI is InChI=1S/C18H18FNO4/c1-18(16(21)22,11-13-7-9-15(19)10-8-13)20-17(23)24-12-14-5-3-2-4-6-14/h2-10H,11-12H2,1H3,(H,20,23)(H,21,22). The lowest BCUT2D eigenvalue weighted by Gasteiger charge is -2.26. The summed E-state index contributed by atoms with van der Waals surface area (Å²) in [5, 5.41) is 11.8. The van der Waals surface area contributed by atoms with Gasteiger partial charge in [-0.3, -0.25) is 0 Å². The smallest absolute Gasteiger partial charge is 0.408 e. The van der Waals surface area contributed by atoms with Gasteiger partial charge in [-0.15, -0.1) is 0 Å². The van der Waals surface area contributed by atoms with Crippen LogP contribution in [0.25, 0.3) is 0 Å². The minimum Gasteiger partial charge on any atom is -0.480 e. The van der Waals surface area contributed by atoms with Gasteiger partial charge in [-0.25, -0.2) is 14.0 Å². The molecule has 2 aromatic rings. The van der Waals surface area contributed by atoms with Crippen LogP contribution in [0.15, 0.2) is 54.6 Å². The monoisotopic (exact) mass is 331 g/mol. The van der Waals surface area contributed by atoms with Crippen molar-refractivity contribution in [2.75, 3.05) is 0 Å². The van der Waals surface area contributed by atoms with Crippen molar-refractivity contribution >= 4 is 12.1 Å². The van der Waals surface area contributed by atoms with Crippen LogP contribution >= 0.6 is 0 Å². The van der Waals surface area contributed by atoms with Crippen molar-refractivity contribution < 1.29 is 23.8 Å². The molecule has 0 saturated carbocycles. The Bertz CT molecular complexity index is 703. The molecule has 0 aliphatic carbocycles. The number of rotatable bonds is 6. The van der Waals surface area contributed by atoms with Gasteiger partial charge < -0.3 is 15.2 Å². The lowest BCUT2D eigenvalue weighted by atomic mass is 9.93. The number of aliphatic carboxylic acids is 1. The van der Waals surface area contributed by atoms with Crippen molar-refractivity contribution in [2.45, 2.75) is 25.5 Å². The molecule has 0 aliphatic heterocycles. The number of carbonyl (C=O) groups excluding carboxylic acids is 1. The number of nitrogens with one attached hydrogen (secondary N) is 1. The summed E-state index contributed by atoms with van der Waals surface area (Å²) in [6.45, 7) is 1.42. The second kappa shape index (κ2) is 7.59. The summed E-state index contributed by atoms with van der Waals surface area (Å²) in [4.78, 5) is 23.5. The molecule has 0 saturated heterocycles. The van der Waals surface area contributed by atoms with Gasteiger partial charge in [0.05, 0.1) is 0 Å². The minimum atomic E-state index is -1.56. The topological polar surface area (TPSA) is 75.6 Å². The Morgan fingerprint density at radius 3 is 2.29 bits per heavy atom. The van der Waals surface area contributed by atoms with Gasteiger partial charge in [0.1, 0.15) is 18.0 Å². The second-order valence-corrected chi connectivity index (χ2v) is 5.63. The molecular weight excluding hydrogens is 313 g/mol. The summed E-state index contributed by atoms with van der Waals surface area (Å²) < 4.78 is 18.0. The number of ether oxygens (including phenoxy) is 1. The number of carbonyl (C=O) groups is 2. The summed E-state index contributed by atoms with van der Waals surface area (Å²) in [6.07, 6.45) is -0.825. The van der Waals surface area contributed by atoms with Gasteiger partial charge in [0.2, 0.25) is 0 Å². The first-order valence-corrected chi connectivity index (χ1v) is 7.36. The summed E-state index contributed by atoms with van der Waals surface area (Å²) in [5.74, 6) is -1.62. The van der Waals surface area contributed by atoms with Crippen LogP contribution in [0.5, 0.6) is 0 Å². The highest BCUT2D eigenvalue weighted by atomic mass is 19.1. The maximum absolute atomic E-state index is 12.9. The Hall–Kier alpha value is -2.89. The average molecular weight is 331 g/mol. The molecule has 5 nitrogen and oxygen atoms in total. The second-order valence-electron chi connectivity index (χ2n) is 5.63. The van der Waals surface area contributed by atoms with Crippen LogP contribution in [0, 0.1) is 5.82 Å². The molecule has 0 bridgehead atoms. The third-order valence-electron chi connectivity index (χ3n) is 3.53. The van der Waals surface area contributed by atoms with Crippen LogP contribution in [0.1, 0.15) is 18.1 Å². The van der Waals surface area contributed by atoms with E-state index in [2.05, 4.69) is 5.32 Å². The average Bonchev–Trinajstić information content (AvgIpc) is 2.56. The van der Waals surface area contributed by atoms with E-state index in [9.17, 15) is 19.1 Å². The van der Waals surface area contributed by atoms with Crippen molar-refractivity contribution in [2.24, 2.45) is 0 Å². The van der Waals surface area contributed by atoms with Crippen molar-refractivity contribution in [3.05, 3.63) is 71.5 Å². The first-order valence-electron chi connectivity index (χ1n) is 7.36. The van der Waals surface area contributed by atoms with E-state index < -0.39 is 23.4 Å². The Morgan fingerprint density at radius 2 is 1.71 bits per heavy atom. The first-order chi connectivity index (χ1) is 11.4. The molecule has 24 heavy (non-hydrogen) atoms. The third kappa shape index (κ3) is 4.81. The molecule has 6 heteroatoms. The van der Waals surface area contributed by atoms with Gasteiger partial charge in [-0.05, 0) is 30.2 Å². The number of halogens is 1. The van der Waals surface area contributed by atoms with Crippen LogP contribution in [0.2, 0.25) is 0 Å². The number of carboxylic acids is 1. The van der Waals surface area contributed by atoms with Crippen molar-refractivity contribution in [1.29, 1.82) is 0 Å². The minimum absolute atomic E-state index is 0.00303. The predicted molar refractivity (Wildman–Crippen MR) is 85.9 cm³/mol. The zero-order valence-corrected chi connectivity index (χ0v) is 13.2. The van der Waals surface area contributed by atoms with Gasteiger partial charge >= 0.3 is 12.1 Å². The van der Waals surface area contributed by atoms with Crippen LogP contribution in [0.3, 0.4) is 0 Å². The maximum Gasteiger partial charge on any atom is 0.408 e. The molecule has 0 aliphatic rings. The van der Waals surface area contributed by atoms with E-state index >= 15 is 0 Å². The highest BCUT2D eigenvalue weighted by molar-refractivity contribution is 5.84. The van der Waals surface area contributed by atoms with Crippen molar-refractivity contribution in [1.82, 2.24) is 5.32 Å². The molecule has 0 spiro atoms. The molecule has 1 amide bonds.